The summed E-state index contributed by atoms with van der Waals surface area (Å²) in [6.45, 7) is 6.63. The van der Waals surface area contributed by atoms with Gasteiger partial charge in [-0.25, -0.2) is 4.98 Å². The fourth-order valence-electron chi connectivity index (χ4n) is 1.60. The van der Waals surface area contributed by atoms with E-state index in [0.717, 1.165) is 0 Å². The Morgan fingerprint density at radius 3 is 2.64 bits per heavy atom. The summed E-state index contributed by atoms with van der Waals surface area (Å²) in [4.78, 5) is 6.09. The number of aryl methyl sites for hydroxylation is 1. The molecule has 0 spiro atoms. The molecule has 1 heterocycles. The summed E-state index contributed by atoms with van der Waals surface area (Å²) >= 11 is 1.89. The molecule has 1 atom stereocenters. The lowest BCUT2D eigenvalue weighted by atomic mass is 10.2. The van der Waals surface area contributed by atoms with Crippen LogP contribution in [0.3, 0.4) is 0 Å². The van der Waals surface area contributed by atoms with Gasteiger partial charge in [-0.15, -0.1) is 11.3 Å². The van der Waals surface area contributed by atoms with Crippen molar-refractivity contribution in [2.45, 2.75) is 45.1 Å². The first-order valence-corrected chi connectivity index (χ1v) is 6.03. The van der Waals surface area contributed by atoms with Crippen LogP contribution in [0.5, 0.6) is 0 Å². The highest BCUT2D eigenvalue weighted by Crippen LogP contribution is 2.49. The van der Waals surface area contributed by atoms with Gasteiger partial charge in [-0.2, -0.15) is 0 Å². The minimum absolute atomic E-state index is 0.418. The van der Waals surface area contributed by atoms with Gasteiger partial charge in [-0.1, -0.05) is 6.92 Å². The number of hydrogen-bond donors (Lipinski definition) is 1. The van der Waals surface area contributed by atoms with Crippen molar-refractivity contribution in [2.24, 2.45) is 0 Å². The molecule has 1 unspecified atom stereocenters. The number of thiazole rings is 1. The Balaban J connectivity index is 2.30. The quantitative estimate of drug-likeness (QED) is 0.830. The van der Waals surface area contributed by atoms with Gasteiger partial charge in [-0.05, 0) is 33.7 Å². The Labute approximate surface area is 89.8 Å². The molecule has 1 fully saturated rings. The molecule has 0 aliphatic heterocycles. The monoisotopic (exact) mass is 210 g/mol. The third-order valence-electron chi connectivity index (χ3n) is 3.18. The van der Waals surface area contributed by atoms with Crippen LogP contribution in [0.4, 0.5) is 0 Å². The van der Waals surface area contributed by atoms with Gasteiger partial charge in [0.1, 0.15) is 0 Å². The fraction of sp³-hybridized carbons (Fsp3) is 0.727. The zero-order valence-corrected chi connectivity index (χ0v) is 10.2. The second-order valence-electron chi connectivity index (χ2n) is 4.54. The lowest BCUT2D eigenvalue weighted by Crippen LogP contribution is -2.11. The Bertz CT molecular complexity index is 339. The highest BCUT2D eigenvalue weighted by Gasteiger charge is 2.42. The highest BCUT2D eigenvalue weighted by molar-refractivity contribution is 7.12. The van der Waals surface area contributed by atoms with Crippen molar-refractivity contribution in [3.63, 3.8) is 0 Å². The van der Waals surface area contributed by atoms with E-state index >= 15 is 0 Å². The Morgan fingerprint density at radius 1 is 1.50 bits per heavy atom. The van der Waals surface area contributed by atoms with Crippen LogP contribution in [0.15, 0.2) is 0 Å². The van der Waals surface area contributed by atoms with E-state index in [4.69, 9.17) is 4.98 Å². The van der Waals surface area contributed by atoms with Gasteiger partial charge in [0, 0.05) is 16.3 Å². The smallest absolute Gasteiger partial charge is 0.0990 e. The summed E-state index contributed by atoms with van der Waals surface area (Å²) in [5.41, 5.74) is 1.63. The van der Waals surface area contributed by atoms with Crippen molar-refractivity contribution in [3.05, 3.63) is 15.6 Å². The standard InChI is InChI=1S/C11H18N2S/c1-7(12-4)9-8(2)13-10(14-9)11(3)5-6-11/h7,12H,5-6H2,1-4H3. The molecule has 1 aliphatic rings. The van der Waals surface area contributed by atoms with Crippen molar-refractivity contribution in [2.75, 3.05) is 7.05 Å². The number of nitrogens with one attached hydrogen (secondary N) is 1. The first-order chi connectivity index (χ1) is 6.57. The maximum atomic E-state index is 4.69. The van der Waals surface area contributed by atoms with Gasteiger partial charge in [0.05, 0.1) is 10.7 Å². The Kier molecular flexibility index (Phi) is 2.40. The molecular weight excluding hydrogens is 192 g/mol. The zero-order valence-electron chi connectivity index (χ0n) is 9.35. The topological polar surface area (TPSA) is 24.9 Å². The summed E-state index contributed by atoms with van der Waals surface area (Å²) in [6, 6.07) is 0.434. The van der Waals surface area contributed by atoms with Crippen LogP contribution in [0.2, 0.25) is 0 Å². The predicted octanol–water partition coefficient (Wildman–Crippen LogP) is 2.78. The van der Waals surface area contributed by atoms with Gasteiger partial charge in [0.15, 0.2) is 0 Å². The van der Waals surface area contributed by atoms with Crippen LogP contribution in [0.25, 0.3) is 0 Å². The van der Waals surface area contributed by atoms with Gasteiger partial charge in [0.2, 0.25) is 0 Å². The molecule has 3 heteroatoms. The van der Waals surface area contributed by atoms with Crippen molar-refractivity contribution < 1.29 is 0 Å². The molecule has 1 aliphatic carbocycles. The first-order valence-electron chi connectivity index (χ1n) is 5.22. The molecule has 1 saturated carbocycles. The average molecular weight is 210 g/mol. The minimum atomic E-state index is 0.418. The van der Waals surface area contributed by atoms with Crippen LogP contribution in [0.1, 0.15) is 48.3 Å². The number of hydrogen-bond acceptors (Lipinski definition) is 3. The van der Waals surface area contributed by atoms with E-state index in [0.29, 0.717) is 11.5 Å². The van der Waals surface area contributed by atoms with Gasteiger partial charge in [-0.3, -0.25) is 0 Å². The SMILES string of the molecule is CNC(C)c1sc(C2(C)CC2)nc1C. The summed E-state index contributed by atoms with van der Waals surface area (Å²) in [5.74, 6) is 0. The molecular formula is C11H18N2S. The predicted molar refractivity (Wildman–Crippen MR) is 60.9 cm³/mol. The lowest BCUT2D eigenvalue weighted by Gasteiger charge is -2.07. The van der Waals surface area contributed by atoms with Crippen LogP contribution < -0.4 is 5.32 Å². The van der Waals surface area contributed by atoms with Crippen molar-refractivity contribution in [3.8, 4) is 0 Å². The Morgan fingerprint density at radius 2 is 2.14 bits per heavy atom. The second kappa shape index (κ2) is 3.31. The third-order valence-corrected chi connectivity index (χ3v) is 4.82. The van der Waals surface area contributed by atoms with Gasteiger partial charge < -0.3 is 5.32 Å². The van der Waals surface area contributed by atoms with E-state index in [-0.39, 0.29) is 0 Å². The first kappa shape index (κ1) is 10.1. The molecule has 2 nitrogen and oxygen atoms in total. The van der Waals surface area contributed by atoms with E-state index in [2.05, 4.69) is 26.1 Å². The van der Waals surface area contributed by atoms with E-state index in [1.807, 2.05) is 18.4 Å². The lowest BCUT2D eigenvalue weighted by molar-refractivity contribution is 0.658. The maximum Gasteiger partial charge on any atom is 0.0990 e. The van der Waals surface area contributed by atoms with E-state index in [1.54, 1.807) is 0 Å². The third kappa shape index (κ3) is 1.59. The summed E-state index contributed by atoms with van der Waals surface area (Å²) in [5, 5.41) is 4.62. The normalized spacial score (nSPS) is 20.9. The molecule has 2 rings (SSSR count). The van der Waals surface area contributed by atoms with Gasteiger partial charge >= 0.3 is 0 Å². The molecule has 1 aromatic rings. The van der Waals surface area contributed by atoms with Crippen molar-refractivity contribution in [1.82, 2.24) is 10.3 Å². The fourth-order valence-corrected chi connectivity index (χ4v) is 2.93. The van der Waals surface area contributed by atoms with E-state index < -0.39 is 0 Å². The molecule has 1 N–H and O–H groups in total. The largest absolute Gasteiger partial charge is 0.312 e. The zero-order chi connectivity index (χ0) is 10.3. The average Bonchev–Trinajstić information content (AvgIpc) is 2.78. The maximum absolute atomic E-state index is 4.69. The van der Waals surface area contributed by atoms with Crippen LogP contribution in [-0.2, 0) is 5.41 Å². The molecule has 0 amide bonds. The summed E-state index contributed by atoms with van der Waals surface area (Å²) in [7, 11) is 2.00. The van der Waals surface area contributed by atoms with Crippen molar-refractivity contribution in [1.29, 1.82) is 0 Å². The molecule has 1 aromatic heterocycles. The van der Waals surface area contributed by atoms with E-state index in [9.17, 15) is 0 Å². The Hall–Kier alpha value is -0.410. The van der Waals surface area contributed by atoms with Crippen LogP contribution >= 0.6 is 11.3 Å². The summed E-state index contributed by atoms with van der Waals surface area (Å²) in [6.07, 6.45) is 2.63. The molecule has 78 valence electrons. The molecule has 14 heavy (non-hydrogen) atoms. The number of rotatable bonds is 3. The highest BCUT2D eigenvalue weighted by atomic mass is 32.1. The number of aromatic nitrogens is 1. The molecule has 0 bridgehead atoms. The second-order valence-corrected chi connectivity index (χ2v) is 5.57. The minimum Gasteiger partial charge on any atom is -0.312 e. The molecule has 0 saturated heterocycles. The van der Waals surface area contributed by atoms with Gasteiger partial charge in [0.25, 0.3) is 0 Å². The van der Waals surface area contributed by atoms with Crippen molar-refractivity contribution >= 4 is 11.3 Å². The molecule has 0 aromatic carbocycles. The van der Waals surface area contributed by atoms with Crippen LogP contribution in [0, 0.1) is 6.92 Å². The van der Waals surface area contributed by atoms with Crippen LogP contribution in [-0.4, -0.2) is 12.0 Å². The molecule has 0 radical (unpaired) electrons. The van der Waals surface area contributed by atoms with E-state index in [1.165, 1.54) is 28.4 Å². The summed E-state index contributed by atoms with van der Waals surface area (Å²) < 4.78 is 0. The number of nitrogens with zero attached hydrogens (tertiary/aromatic N) is 1.